The van der Waals surface area contributed by atoms with Crippen molar-refractivity contribution in [1.82, 2.24) is 15.3 Å². The van der Waals surface area contributed by atoms with Gasteiger partial charge >= 0.3 is 0 Å². The summed E-state index contributed by atoms with van der Waals surface area (Å²) in [6.45, 7) is -0.160. The summed E-state index contributed by atoms with van der Waals surface area (Å²) in [5.41, 5.74) is 4.88. The molecule has 0 aliphatic rings. The quantitative estimate of drug-likeness (QED) is 0.499. The van der Waals surface area contributed by atoms with Crippen LogP contribution in [0.1, 0.15) is 15.9 Å². The molecule has 2 amide bonds. The molecule has 6 nitrogen and oxygen atoms in total. The lowest BCUT2D eigenvalue weighted by Gasteiger charge is -2.05. The highest BCUT2D eigenvalue weighted by atomic mass is 79.9. The maximum Gasteiger partial charge on any atom is 0.259 e. The predicted octanol–water partition coefficient (Wildman–Crippen LogP) is 2.82. The topological polar surface area (TPSA) is 75.5 Å². The summed E-state index contributed by atoms with van der Waals surface area (Å²) in [6.07, 6.45) is 3.53. The number of amides is 2. The van der Waals surface area contributed by atoms with Crippen LogP contribution in [0.5, 0.6) is 0 Å². The molecule has 3 aromatic rings. The van der Waals surface area contributed by atoms with Gasteiger partial charge in [0.05, 0.1) is 18.3 Å². The van der Waals surface area contributed by atoms with Crippen LogP contribution in [0.25, 0.3) is 10.9 Å². The van der Waals surface area contributed by atoms with E-state index < -0.39 is 5.91 Å². The minimum atomic E-state index is -0.401. The summed E-state index contributed by atoms with van der Waals surface area (Å²) in [5, 5.41) is 7.59. The summed E-state index contributed by atoms with van der Waals surface area (Å²) in [7, 11) is 1.95. The largest absolute Gasteiger partial charge is 0.350 e. The molecule has 0 bridgehead atoms. The van der Waals surface area contributed by atoms with Crippen LogP contribution in [0.3, 0.4) is 0 Å². The fraction of sp³-hybridized carbons (Fsp3) is 0.105. The number of rotatable bonds is 5. The Bertz CT molecular complexity index is 994. The van der Waals surface area contributed by atoms with Crippen LogP contribution >= 0.6 is 15.9 Å². The number of hydrogen-bond acceptors (Lipinski definition) is 3. The van der Waals surface area contributed by atoms with Crippen molar-refractivity contribution in [2.75, 3.05) is 6.54 Å². The fourth-order valence-corrected chi connectivity index (χ4v) is 3.06. The van der Waals surface area contributed by atoms with E-state index in [1.807, 2.05) is 48.1 Å². The first kappa shape index (κ1) is 17.9. The lowest BCUT2D eigenvalue weighted by atomic mass is 10.2. The number of halogens is 1. The Morgan fingerprint density at radius 1 is 1.15 bits per heavy atom. The highest BCUT2D eigenvalue weighted by Gasteiger charge is 2.10. The number of carbonyl (C=O) groups is 2. The van der Waals surface area contributed by atoms with Crippen LogP contribution < -0.4 is 10.7 Å². The number of aryl methyl sites for hydroxylation is 1. The summed E-state index contributed by atoms with van der Waals surface area (Å²) < 4.78 is 2.67. The molecule has 132 valence electrons. The average Bonchev–Trinajstić information content (AvgIpc) is 2.96. The maximum atomic E-state index is 12.1. The minimum absolute atomic E-state index is 0.160. The van der Waals surface area contributed by atoms with Gasteiger partial charge in [0.15, 0.2) is 0 Å². The van der Waals surface area contributed by atoms with E-state index in [4.69, 9.17) is 0 Å². The highest BCUT2D eigenvalue weighted by Crippen LogP contribution is 2.18. The minimum Gasteiger partial charge on any atom is -0.350 e. The smallest absolute Gasteiger partial charge is 0.259 e. The number of hydrazone groups is 1. The van der Waals surface area contributed by atoms with Crippen molar-refractivity contribution in [3.05, 3.63) is 70.3 Å². The number of fused-ring (bicyclic) bond motifs is 1. The van der Waals surface area contributed by atoms with Crippen molar-refractivity contribution in [3.8, 4) is 0 Å². The first-order valence-corrected chi connectivity index (χ1v) is 8.74. The molecule has 0 aliphatic heterocycles. The number of para-hydroxylation sites is 1. The number of nitrogens with zero attached hydrogens (tertiary/aromatic N) is 2. The van der Waals surface area contributed by atoms with Gasteiger partial charge in [-0.3, -0.25) is 9.59 Å². The van der Waals surface area contributed by atoms with Gasteiger partial charge in [0.2, 0.25) is 0 Å². The number of hydrogen-bond donors (Lipinski definition) is 2. The Morgan fingerprint density at radius 2 is 1.88 bits per heavy atom. The van der Waals surface area contributed by atoms with Crippen LogP contribution in [0.2, 0.25) is 0 Å². The Hall–Kier alpha value is -2.93. The van der Waals surface area contributed by atoms with Crippen molar-refractivity contribution in [2.45, 2.75) is 0 Å². The third kappa shape index (κ3) is 4.00. The van der Waals surface area contributed by atoms with E-state index in [1.165, 1.54) is 0 Å². The molecule has 0 radical (unpaired) electrons. The SMILES string of the molecule is Cn1cc(/C=N/NC(=O)CNC(=O)c2ccccc2Br)c2ccccc21. The van der Waals surface area contributed by atoms with E-state index in [0.29, 0.717) is 10.0 Å². The van der Waals surface area contributed by atoms with Gasteiger partial charge < -0.3 is 9.88 Å². The van der Waals surface area contributed by atoms with Gasteiger partial charge in [-0.05, 0) is 34.1 Å². The van der Waals surface area contributed by atoms with Gasteiger partial charge in [0, 0.05) is 34.2 Å². The Morgan fingerprint density at radius 3 is 2.69 bits per heavy atom. The van der Waals surface area contributed by atoms with E-state index in [1.54, 1.807) is 24.4 Å². The molecule has 1 aromatic heterocycles. The molecule has 0 spiro atoms. The first-order valence-electron chi connectivity index (χ1n) is 7.95. The second kappa shape index (κ2) is 7.97. The third-order valence-electron chi connectivity index (χ3n) is 3.85. The third-order valence-corrected chi connectivity index (χ3v) is 4.54. The van der Waals surface area contributed by atoms with E-state index in [-0.39, 0.29) is 12.5 Å². The van der Waals surface area contributed by atoms with Crippen molar-refractivity contribution < 1.29 is 9.59 Å². The summed E-state index contributed by atoms with van der Waals surface area (Å²) >= 11 is 3.31. The zero-order valence-electron chi connectivity index (χ0n) is 14.1. The van der Waals surface area contributed by atoms with Gasteiger partial charge in [-0.1, -0.05) is 30.3 Å². The van der Waals surface area contributed by atoms with E-state index in [2.05, 4.69) is 31.8 Å². The monoisotopic (exact) mass is 412 g/mol. The normalized spacial score (nSPS) is 11.0. The number of carbonyl (C=O) groups excluding carboxylic acids is 2. The summed E-state index contributed by atoms with van der Waals surface area (Å²) in [5.74, 6) is -0.729. The van der Waals surface area contributed by atoms with Crippen LogP contribution in [0.15, 0.2) is 64.3 Å². The Labute approximate surface area is 159 Å². The molecule has 3 rings (SSSR count). The molecule has 0 fully saturated rings. The van der Waals surface area contributed by atoms with Crippen molar-refractivity contribution in [1.29, 1.82) is 0 Å². The van der Waals surface area contributed by atoms with Gasteiger partial charge in [-0.15, -0.1) is 0 Å². The Balaban J connectivity index is 1.56. The van der Waals surface area contributed by atoms with E-state index in [9.17, 15) is 9.59 Å². The molecule has 2 N–H and O–H groups in total. The van der Waals surface area contributed by atoms with Crippen LogP contribution in [-0.2, 0) is 11.8 Å². The Kier molecular flexibility index (Phi) is 5.48. The van der Waals surface area contributed by atoms with Crippen molar-refractivity contribution in [3.63, 3.8) is 0 Å². The van der Waals surface area contributed by atoms with Gasteiger partial charge in [-0.2, -0.15) is 5.10 Å². The van der Waals surface area contributed by atoms with Crippen LogP contribution in [0.4, 0.5) is 0 Å². The van der Waals surface area contributed by atoms with Crippen molar-refractivity contribution in [2.24, 2.45) is 12.1 Å². The molecule has 26 heavy (non-hydrogen) atoms. The molecular weight excluding hydrogens is 396 g/mol. The maximum absolute atomic E-state index is 12.1. The standard InChI is InChI=1S/C19H17BrN4O2/c1-24-12-13(14-6-3-5-9-17(14)24)10-22-23-18(25)11-21-19(26)15-7-2-4-8-16(15)20/h2-10,12H,11H2,1H3,(H,21,26)(H,23,25)/b22-10+. The van der Waals surface area contributed by atoms with Crippen molar-refractivity contribution >= 4 is 44.9 Å². The molecule has 0 atom stereocenters. The molecule has 0 saturated heterocycles. The van der Waals surface area contributed by atoms with Crippen LogP contribution in [-0.4, -0.2) is 29.1 Å². The molecular formula is C19H17BrN4O2. The summed E-state index contributed by atoms with van der Waals surface area (Å²) in [6, 6.07) is 15.0. The fourth-order valence-electron chi connectivity index (χ4n) is 2.59. The van der Waals surface area contributed by atoms with Gasteiger partial charge in [0.1, 0.15) is 0 Å². The van der Waals surface area contributed by atoms with Gasteiger partial charge in [0.25, 0.3) is 11.8 Å². The highest BCUT2D eigenvalue weighted by molar-refractivity contribution is 9.10. The molecule has 7 heteroatoms. The predicted molar refractivity (Wildman–Crippen MR) is 105 cm³/mol. The lowest BCUT2D eigenvalue weighted by molar-refractivity contribution is -0.120. The zero-order chi connectivity index (χ0) is 18.5. The number of benzene rings is 2. The van der Waals surface area contributed by atoms with Crippen LogP contribution in [0, 0.1) is 0 Å². The number of aromatic nitrogens is 1. The molecule has 1 heterocycles. The van der Waals surface area contributed by atoms with E-state index >= 15 is 0 Å². The zero-order valence-corrected chi connectivity index (χ0v) is 15.7. The second-order valence-corrected chi connectivity index (χ2v) is 6.52. The first-order chi connectivity index (χ1) is 12.6. The molecule has 0 aliphatic carbocycles. The second-order valence-electron chi connectivity index (χ2n) is 5.67. The average molecular weight is 413 g/mol. The van der Waals surface area contributed by atoms with E-state index in [0.717, 1.165) is 16.5 Å². The molecule has 2 aromatic carbocycles. The molecule has 0 saturated carbocycles. The summed E-state index contributed by atoms with van der Waals surface area (Å²) in [4.78, 5) is 23.9. The number of nitrogens with one attached hydrogen (secondary N) is 2. The molecule has 0 unspecified atom stereocenters. The lowest BCUT2D eigenvalue weighted by Crippen LogP contribution is -2.35. The van der Waals surface area contributed by atoms with Gasteiger partial charge in [-0.25, -0.2) is 5.43 Å².